The summed E-state index contributed by atoms with van der Waals surface area (Å²) in [5, 5.41) is 2.13. The predicted octanol–water partition coefficient (Wildman–Crippen LogP) is 4.46. The van der Waals surface area contributed by atoms with E-state index in [4.69, 9.17) is 11.6 Å². The number of nitrogens with zero attached hydrogens (tertiary/aromatic N) is 1. The molecule has 1 amide bonds. The Balaban J connectivity index is 2.98. The fourth-order valence-corrected chi connectivity index (χ4v) is 3.75. The molecule has 0 spiro atoms. The van der Waals surface area contributed by atoms with E-state index in [1.807, 2.05) is 6.92 Å². The van der Waals surface area contributed by atoms with Crippen LogP contribution in [0.25, 0.3) is 0 Å². The van der Waals surface area contributed by atoms with Crippen LogP contribution in [0.2, 0.25) is 5.02 Å². The van der Waals surface area contributed by atoms with E-state index in [2.05, 4.69) is 12.2 Å². The van der Waals surface area contributed by atoms with E-state index >= 15 is 0 Å². The fraction of sp³-hybridized carbons (Fsp3) is 0.611. The number of amides is 1. The second-order valence-electron chi connectivity index (χ2n) is 6.65. The average Bonchev–Trinajstić information content (AvgIpc) is 2.58. The molecule has 0 fully saturated rings. The van der Waals surface area contributed by atoms with E-state index in [0.717, 1.165) is 44.1 Å². The number of hydrogen-bond acceptors (Lipinski definition) is 3. The lowest BCUT2D eigenvalue weighted by atomic mass is 9.99. The predicted molar refractivity (Wildman–Crippen MR) is 105 cm³/mol. The van der Waals surface area contributed by atoms with Crippen molar-refractivity contribution >= 4 is 33.2 Å². The molecule has 1 rings (SSSR count). The van der Waals surface area contributed by atoms with Crippen LogP contribution in [0, 0.1) is 5.92 Å². The van der Waals surface area contributed by atoms with E-state index in [1.54, 1.807) is 0 Å². The summed E-state index contributed by atoms with van der Waals surface area (Å²) in [6, 6.07) is 2.74. The first-order valence-corrected chi connectivity index (χ1v) is 11.2. The lowest BCUT2D eigenvalue weighted by Gasteiger charge is -2.24. The van der Waals surface area contributed by atoms with Crippen LogP contribution in [-0.4, -0.2) is 33.7 Å². The summed E-state index contributed by atoms with van der Waals surface area (Å²) in [6.07, 6.45) is -0.0545. The van der Waals surface area contributed by atoms with Crippen LogP contribution in [-0.2, 0) is 21.0 Å². The normalized spacial score (nSPS) is 13.2. The van der Waals surface area contributed by atoms with Gasteiger partial charge in [0.05, 0.1) is 22.5 Å². The molecule has 0 radical (unpaired) electrons. The minimum atomic E-state index is -4.74. The Morgan fingerprint density at radius 3 is 2.43 bits per heavy atom. The van der Waals surface area contributed by atoms with Gasteiger partial charge >= 0.3 is 6.18 Å². The molecule has 10 heteroatoms. The summed E-state index contributed by atoms with van der Waals surface area (Å²) in [4.78, 5) is 12.3. The standard InChI is InChI=1S/C18H26ClF3N2O3S/c1-4-6-7-13(5-2)11-23-17(25)12-24(28(3,26)27)14-8-9-16(19)15(10-14)18(20,21)22/h8-10,13H,4-7,11-12H2,1-3H3,(H,23,25)/t13-/m1/s1. The molecule has 1 N–H and O–H groups in total. The maximum Gasteiger partial charge on any atom is 0.417 e. The molecule has 0 aliphatic rings. The summed E-state index contributed by atoms with van der Waals surface area (Å²) < 4.78 is 64.0. The highest BCUT2D eigenvalue weighted by molar-refractivity contribution is 7.92. The lowest BCUT2D eigenvalue weighted by molar-refractivity contribution is -0.137. The molecule has 0 heterocycles. The number of carbonyl (C=O) groups excluding carboxylic acids is 1. The van der Waals surface area contributed by atoms with Crippen LogP contribution >= 0.6 is 11.6 Å². The number of nitrogens with one attached hydrogen (secondary N) is 1. The van der Waals surface area contributed by atoms with Crippen molar-refractivity contribution in [2.45, 2.75) is 45.7 Å². The molecule has 1 atom stereocenters. The van der Waals surface area contributed by atoms with Gasteiger partial charge in [0.25, 0.3) is 0 Å². The van der Waals surface area contributed by atoms with Gasteiger partial charge in [0.15, 0.2) is 0 Å². The Kier molecular flexibility index (Phi) is 9.07. The van der Waals surface area contributed by atoms with Gasteiger partial charge in [-0.25, -0.2) is 8.42 Å². The molecular weight excluding hydrogens is 417 g/mol. The van der Waals surface area contributed by atoms with Crippen molar-refractivity contribution in [1.82, 2.24) is 5.32 Å². The van der Waals surface area contributed by atoms with Gasteiger partial charge in [-0.2, -0.15) is 13.2 Å². The Labute approximate surface area is 169 Å². The third kappa shape index (κ3) is 7.50. The number of unbranched alkanes of at least 4 members (excludes halogenated alkanes) is 1. The second-order valence-corrected chi connectivity index (χ2v) is 8.97. The smallest absolute Gasteiger partial charge is 0.354 e. The SMILES string of the molecule is CCCC[C@@H](CC)CNC(=O)CN(c1ccc(Cl)c(C(F)(F)F)c1)S(C)(=O)=O. The number of hydrogen-bond donors (Lipinski definition) is 1. The third-order valence-electron chi connectivity index (χ3n) is 4.36. The first-order valence-electron chi connectivity index (χ1n) is 9.01. The number of sulfonamides is 1. The van der Waals surface area contributed by atoms with E-state index in [1.165, 1.54) is 0 Å². The minimum absolute atomic E-state index is 0.267. The summed E-state index contributed by atoms with van der Waals surface area (Å²) in [7, 11) is -3.98. The number of carbonyl (C=O) groups is 1. The molecular formula is C18H26ClF3N2O3S. The Hall–Kier alpha value is -1.48. The van der Waals surface area contributed by atoms with Gasteiger partial charge < -0.3 is 5.32 Å². The highest BCUT2D eigenvalue weighted by Crippen LogP contribution is 2.37. The van der Waals surface area contributed by atoms with Gasteiger partial charge in [-0.1, -0.05) is 44.7 Å². The monoisotopic (exact) mass is 442 g/mol. The number of benzene rings is 1. The highest BCUT2D eigenvalue weighted by atomic mass is 35.5. The van der Waals surface area contributed by atoms with Crippen molar-refractivity contribution in [3.05, 3.63) is 28.8 Å². The first-order chi connectivity index (χ1) is 12.9. The van der Waals surface area contributed by atoms with Crippen LogP contribution in [0.3, 0.4) is 0 Å². The molecule has 1 aromatic carbocycles. The number of anilines is 1. The Morgan fingerprint density at radius 2 is 1.93 bits per heavy atom. The molecule has 5 nitrogen and oxygen atoms in total. The van der Waals surface area contributed by atoms with E-state index in [0.29, 0.717) is 16.9 Å². The van der Waals surface area contributed by atoms with Gasteiger partial charge in [0.2, 0.25) is 15.9 Å². The lowest BCUT2D eigenvalue weighted by Crippen LogP contribution is -2.41. The van der Waals surface area contributed by atoms with Crippen molar-refractivity contribution < 1.29 is 26.4 Å². The molecule has 160 valence electrons. The van der Waals surface area contributed by atoms with Crippen molar-refractivity contribution in [1.29, 1.82) is 0 Å². The summed E-state index contributed by atoms with van der Waals surface area (Å²) >= 11 is 5.58. The second kappa shape index (κ2) is 10.3. The van der Waals surface area contributed by atoms with E-state index < -0.39 is 39.2 Å². The van der Waals surface area contributed by atoms with Crippen molar-refractivity contribution in [2.24, 2.45) is 5.92 Å². The van der Waals surface area contributed by atoms with Gasteiger partial charge in [-0.3, -0.25) is 9.10 Å². The molecule has 0 unspecified atom stereocenters. The summed E-state index contributed by atoms with van der Waals surface area (Å²) in [5.74, 6) is -0.313. The molecule has 0 aromatic heterocycles. The maximum absolute atomic E-state index is 13.1. The zero-order valence-electron chi connectivity index (χ0n) is 16.1. The zero-order valence-corrected chi connectivity index (χ0v) is 17.7. The topological polar surface area (TPSA) is 66.5 Å². The molecule has 28 heavy (non-hydrogen) atoms. The van der Waals surface area contributed by atoms with Gasteiger partial charge in [-0.05, 0) is 30.5 Å². The van der Waals surface area contributed by atoms with Gasteiger partial charge in [0, 0.05) is 6.54 Å². The van der Waals surface area contributed by atoms with E-state index in [-0.39, 0.29) is 11.6 Å². The summed E-state index contributed by atoms with van der Waals surface area (Å²) in [5.41, 5.74) is -1.43. The molecule has 0 aliphatic heterocycles. The molecule has 1 aromatic rings. The molecule has 0 saturated carbocycles. The molecule has 0 bridgehead atoms. The quantitative estimate of drug-likeness (QED) is 0.581. The number of alkyl halides is 3. The molecule has 0 aliphatic carbocycles. The van der Waals surface area contributed by atoms with Gasteiger partial charge in [-0.15, -0.1) is 0 Å². The minimum Gasteiger partial charge on any atom is -0.354 e. The van der Waals surface area contributed by atoms with Crippen LogP contribution in [0.5, 0.6) is 0 Å². The fourth-order valence-electron chi connectivity index (χ4n) is 2.67. The van der Waals surface area contributed by atoms with Crippen molar-refractivity contribution in [3.8, 4) is 0 Å². The van der Waals surface area contributed by atoms with Crippen LogP contribution in [0.4, 0.5) is 18.9 Å². The van der Waals surface area contributed by atoms with Crippen LogP contribution < -0.4 is 9.62 Å². The third-order valence-corrected chi connectivity index (χ3v) is 5.83. The largest absolute Gasteiger partial charge is 0.417 e. The van der Waals surface area contributed by atoms with Crippen LogP contribution in [0.1, 0.15) is 45.1 Å². The number of rotatable bonds is 10. The zero-order chi connectivity index (χ0) is 21.5. The van der Waals surface area contributed by atoms with Crippen molar-refractivity contribution in [3.63, 3.8) is 0 Å². The first kappa shape index (κ1) is 24.6. The van der Waals surface area contributed by atoms with Crippen molar-refractivity contribution in [2.75, 3.05) is 23.7 Å². The number of halogens is 4. The Morgan fingerprint density at radius 1 is 1.29 bits per heavy atom. The highest BCUT2D eigenvalue weighted by Gasteiger charge is 2.34. The summed E-state index contributed by atoms with van der Waals surface area (Å²) in [6.45, 7) is 3.85. The Bertz CT molecular complexity index is 770. The van der Waals surface area contributed by atoms with Crippen LogP contribution in [0.15, 0.2) is 18.2 Å². The maximum atomic E-state index is 13.1. The molecule has 0 saturated heterocycles. The van der Waals surface area contributed by atoms with Gasteiger partial charge in [0.1, 0.15) is 6.54 Å². The average molecular weight is 443 g/mol. The van der Waals surface area contributed by atoms with E-state index in [9.17, 15) is 26.4 Å².